The van der Waals surface area contributed by atoms with Crippen molar-refractivity contribution < 1.29 is 0 Å². The zero-order valence-electron chi connectivity index (χ0n) is 10.3. The maximum atomic E-state index is 4.46. The van der Waals surface area contributed by atoms with Crippen LogP contribution < -0.4 is 5.32 Å². The first kappa shape index (κ1) is 12.1. The van der Waals surface area contributed by atoms with Gasteiger partial charge in [-0.2, -0.15) is 0 Å². The van der Waals surface area contributed by atoms with E-state index in [1.165, 1.54) is 42.9 Å². The first-order valence-corrected chi connectivity index (χ1v) is 7.23. The molecule has 1 aromatic heterocycles. The molecule has 0 aliphatic heterocycles. The molecule has 1 saturated carbocycles. The van der Waals surface area contributed by atoms with E-state index in [4.69, 9.17) is 0 Å². The van der Waals surface area contributed by atoms with Crippen LogP contribution in [-0.4, -0.2) is 11.5 Å². The van der Waals surface area contributed by atoms with Crippen LogP contribution in [0.2, 0.25) is 0 Å². The number of aromatic nitrogens is 1. The van der Waals surface area contributed by atoms with Gasteiger partial charge in [0.2, 0.25) is 0 Å². The molecule has 0 spiro atoms. The van der Waals surface area contributed by atoms with E-state index in [9.17, 15) is 0 Å². The highest BCUT2D eigenvalue weighted by Gasteiger charge is 2.18. The van der Waals surface area contributed by atoms with Crippen LogP contribution in [0.4, 0.5) is 0 Å². The molecule has 3 heteroatoms. The highest BCUT2D eigenvalue weighted by Crippen LogP contribution is 2.27. The van der Waals surface area contributed by atoms with Crippen LogP contribution in [0.15, 0.2) is 5.38 Å². The lowest BCUT2D eigenvalue weighted by Crippen LogP contribution is -2.26. The molecule has 1 fully saturated rings. The standard InChI is InChI=1S/C13H22N2S/c1-10-4-3-5-12(6-10)7-14-8-13-9-16-11(2)15-13/h9-10,12,14H,3-8H2,1-2H3. The van der Waals surface area contributed by atoms with Gasteiger partial charge in [0.15, 0.2) is 0 Å². The first-order valence-electron chi connectivity index (χ1n) is 6.35. The molecule has 1 N–H and O–H groups in total. The zero-order chi connectivity index (χ0) is 11.4. The largest absolute Gasteiger partial charge is 0.311 e. The molecule has 2 rings (SSSR count). The van der Waals surface area contributed by atoms with Crippen LogP contribution in [0.1, 0.15) is 43.3 Å². The van der Waals surface area contributed by atoms with E-state index in [1.54, 1.807) is 11.3 Å². The molecule has 1 aromatic rings. The Morgan fingerprint density at radius 3 is 3.06 bits per heavy atom. The predicted molar refractivity (Wildman–Crippen MR) is 69.7 cm³/mol. The van der Waals surface area contributed by atoms with Crippen molar-refractivity contribution in [2.24, 2.45) is 11.8 Å². The van der Waals surface area contributed by atoms with Crippen LogP contribution in [-0.2, 0) is 6.54 Å². The molecule has 2 unspecified atom stereocenters. The fourth-order valence-corrected chi connectivity index (χ4v) is 3.25. The summed E-state index contributed by atoms with van der Waals surface area (Å²) in [5, 5.41) is 6.88. The van der Waals surface area contributed by atoms with Crippen LogP contribution in [0.5, 0.6) is 0 Å². The van der Waals surface area contributed by atoms with Crippen LogP contribution >= 0.6 is 11.3 Å². The fraction of sp³-hybridized carbons (Fsp3) is 0.769. The second-order valence-corrected chi connectivity index (χ2v) is 6.19. The number of hydrogen-bond acceptors (Lipinski definition) is 3. The third-order valence-electron chi connectivity index (χ3n) is 3.45. The van der Waals surface area contributed by atoms with Crippen molar-refractivity contribution >= 4 is 11.3 Å². The topological polar surface area (TPSA) is 24.9 Å². The summed E-state index contributed by atoms with van der Waals surface area (Å²) in [6, 6.07) is 0. The highest BCUT2D eigenvalue weighted by atomic mass is 32.1. The number of rotatable bonds is 4. The lowest BCUT2D eigenvalue weighted by molar-refractivity contribution is 0.274. The van der Waals surface area contributed by atoms with Gasteiger partial charge < -0.3 is 5.32 Å². The van der Waals surface area contributed by atoms with Crippen LogP contribution in [0.25, 0.3) is 0 Å². The van der Waals surface area contributed by atoms with E-state index in [1.807, 2.05) is 0 Å². The number of aryl methyl sites for hydroxylation is 1. The van der Waals surface area contributed by atoms with Gasteiger partial charge in [-0.25, -0.2) is 4.98 Å². The maximum absolute atomic E-state index is 4.46. The number of thiazole rings is 1. The molecule has 0 aromatic carbocycles. The lowest BCUT2D eigenvalue weighted by atomic mass is 9.82. The third-order valence-corrected chi connectivity index (χ3v) is 4.27. The van der Waals surface area contributed by atoms with E-state index in [-0.39, 0.29) is 0 Å². The molecule has 1 heterocycles. The molecule has 16 heavy (non-hydrogen) atoms. The molecule has 1 aliphatic rings. The van der Waals surface area contributed by atoms with Crippen molar-refractivity contribution in [1.82, 2.24) is 10.3 Å². The van der Waals surface area contributed by atoms with Gasteiger partial charge in [-0.3, -0.25) is 0 Å². The molecule has 0 bridgehead atoms. The van der Waals surface area contributed by atoms with Gasteiger partial charge in [0.1, 0.15) is 0 Å². The monoisotopic (exact) mass is 238 g/mol. The first-order chi connectivity index (χ1) is 7.74. The van der Waals surface area contributed by atoms with Gasteiger partial charge in [-0.1, -0.05) is 19.8 Å². The summed E-state index contributed by atoms with van der Waals surface area (Å²) in [6.07, 6.45) is 5.67. The molecule has 1 aliphatic carbocycles. The predicted octanol–water partition coefficient (Wildman–Crippen LogP) is 3.37. The summed E-state index contributed by atoms with van der Waals surface area (Å²) in [5.41, 5.74) is 1.20. The van der Waals surface area contributed by atoms with E-state index < -0.39 is 0 Å². The summed E-state index contributed by atoms with van der Waals surface area (Å²) < 4.78 is 0. The lowest BCUT2D eigenvalue weighted by Gasteiger charge is -2.26. The van der Waals surface area contributed by atoms with Crippen LogP contribution in [0, 0.1) is 18.8 Å². The summed E-state index contributed by atoms with van der Waals surface area (Å²) >= 11 is 1.74. The Hall–Kier alpha value is -0.410. The molecule has 0 radical (unpaired) electrons. The van der Waals surface area contributed by atoms with Crippen LogP contribution in [0.3, 0.4) is 0 Å². The van der Waals surface area contributed by atoms with Gasteiger partial charge in [-0.15, -0.1) is 11.3 Å². The summed E-state index contributed by atoms with van der Waals surface area (Å²) in [4.78, 5) is 4.46. The van der Waals surface area contributed by atoms with E-state index in [0.717, 1.165) is 18.4 Å². The van der Waals surface area contributed by atoms with Crippen molar-refractivity contribution in [3.63, 3.8) is 0 Å². The van der Waals surface area contributed by atoms with E-state index >= 15 is 0 Å². The minimum Gasteiger partial charge on any atom is -0.311 e. The number of nitrogens with zero attached hydrogens (tertiary/aromatic N) is 1. The zero-order valence-corrected chi connectivity index (χ0v) is 11.1. The molecule has 2 atom stereocenters. The van der Waals surface area contributed by atoms with Crippen molar-refractivity contribution in [2.45, 2.75) is 46.1 Å². The van der Waals surface area contributed by atoms with Crippen molar-refractivity contribution in [3.05, 3.63) is 16.1 Å². The van der Waals surface area contributed by atoms with Crippen molar-refractivity contribution in [2.75, 3.05) is 6.54 Å². The normalized spacial score (nSPS) is 25.9. The third kappa shape index (κ3) is 3.56. The van der Waals surface area contributed by atoms with Crippen molar-refractivity contribution in [3.8, 4) is 0 Å². The van der Waals surface area contributed by atoms with Gasteiger partial charge in [-0.05, 0) is 38.1 Å². The number of nitrogens with one attached hydrogen (secondary N) is 1. The Kier molecular flexibility index (Phi) is 4.36. The Morgan fingerprint density at radius 2 is 2.38 bits per heavy atom. The molecule has 0 amide bonds. The summed E-state index contributed by atoms with van der Waals surface area (Å²) in [6.45, 7) is 6.56. The highest BCUT2D eigenvalue weighted by molar-refractivity contribution is 7.09. The smallest absolute Gasteiger partial charge is 0.0897 e. The Morgan fingerprint density at radius 1 is 1.50 bits per heavy atom. The average molecular weight is 238 g/mol. The van der Waals surface area contributed by atoms with Crippen molar-refractivity contribution in [1.29, 1.82) is 0 Å². The Balaban J connectivity index is 1.67. The molecule has 90 valence electrons. The van der Waals surface area contributed by atoms with Gasteiger partial charge in [0.05, 0.1) is 10.7 Å². The molecular weight excluding hydrogens is 216 g/mol. The molecular formula is C13H22N2S. The minimum absolute atomic E-state index is 0.892. The van der Waals surface area contributed by atoms with E-state index in [0.29, 0.717) is 0 Å². The van der Waals surface area contributed by atoms with E-state index in [2.05, 4.69) is 29.5 Å². The SMILES string of the molecule is Cc1nc(CNCC2CCCC(C)C2)cs1. The van der Waals surface area contributed by atoms with Gasteiger partial charge in [0, 0.05) is 11.9 Å². The second-order valence-electron chi connectivity index (χ2n) is 5.13. The Bertz CT molecular complexity index is 321. The fourth-order valence-electron chi connectivity index (χ4n) is 2.64. The van der Waals surface area contributed by atoms with Gasteiger partial charge >= 0.3 is 0 Å². The minimum atomic E-state index is 0.892. The number of hydrogen-bond donors (Lipinski definition) is 1. The average Bonchev–Trinajstić information content (AvgIpc) is 2.64. The quantitative estimate of drug-likeness (QED) is 0.870. The Labute approximate surface area is 102 Å². The summed E-state index contributed by atoms with van der Waals surface area (Å²) in [5.74, 6) is 1.82. The molecule has 2 nitrogen and oxygen atoms in total. The molecule has 0 saturated heterocycles. The maximum Gasteiger partial charge on any atom is 0.0897 e. The second kappa shape index (κ2) is 5.78. The van der Waals surface area contributed by atoms with Gasteiger partial charge in [0.25, 0.3) is 0 Å². The summed E-state index contributed by atoms with van der Waals surface area (Å²) in [7, 11) is 0.